The topological polar surface area (TPSA) is 35.5 Å². The SMILES string of the molecule is CCCN1CCC(NCC(O)c2ccccc2F)CC1. The van der Waals surface area contributed by atoms with Gasteiger partial charge in [-0.15, -0.1) is 0 Å². The molecular formula is C16H25FN2O. The Bertz CT molecular complexity index is 405. The van der Waals surface area contributed by atoms with Gasteiger partial charge in [-0.05, 0) is 45.0 Å². The molecule has 0 amide bonds. The Hall–Kier alpha value is -0.970. The summed E-state index contributed by atoms with van der Waals surface area (Å²) in [6.45, 7) is 6.02. The van der Waals surface area contributed by atoms with Crippen LogP contribution in [-0.4, -0.2) is 42.2 Å². The Morgan fingerprint density at radius 2 is 2.05 bits per heavy atom. The lowest BCUT2D eigenvalue weighted by atomic mass is 10.0. The van der Waals surface area contributed by atoms with Crippen molar-refractivity contribution in [1.82, 2.24) is 10.2 Å². The molecule has 1 heterocycles. The molecule has 4 heteroatoms. The third-order valence-corrected chi connectivity index (χ3v) is 3.99. The average molecular weight is 280 g/mol. The lowest BCUT2D eigenvalue weighted by Gasteiger charge is -2.32. The summed E-state index contributed by atoms with van der Waals surface area (Å²) >= 11 is 0. The first-order valence-corrected chi connectivity index (χ1v) is 7.59. The highest BCUT2D eigenvalue weighted by Crippen LogP contribution is 2.17. The Morgan fingerprint density at radius 3 is 2.70 bits per heavy atom. The molecule has 2 rings (SSSR count). The number of hydrogen-bond donors (Lipinski definition) is 2. The van der Waals surface area contributed by atoms with Gasteiger partial charge in [0.2, 0.25) is 0 Å². The Morgan fingerprint density at radius 1 is 1.35 bits per heavy atom. The van der Waals surface area contributed by atoms with Crippen LogP contribution in [0.2, 0.25) is 0 Å². The number of nitrogens with one attached hydrogen (secondary N) is 1. The summed E-state index contributed by atoms with van der Waals surface area (Å²) in [6, 6.07) is 6.87. The van der Waals surface area contributed by atoms with Crippen LogP contribution in [-0.2, 0) is 0 Å². The molecule has 1 aromatic carbocycles. The van der Waals surface area contributed by atoms with Gasteiger partial charge in [-0.1, -0.05) is 25.1 Å². The van der Waals surface area contributed by atoms with E-state index in [0.29, 0.717) is 18.2 Å². The Balaban J connectivity index is 1.75. The molecule has 0 spiro atoms. The van der Waals surface area contributed by atoms with Crippen molar-refractivity contribution in [2.75, 3.05) is 26.2 Å². The highest BCUT2D eigenvalue weighted by molar-refractivity contribution is 5.20. The van der Waals surface area contributed by atoms with E-state index in [1.807, 2.05) is 0 Å². The molecule has 1 saturated heterocycles. The van der Waals surface area contributed by atoms with Crippen molar-refractivity contribution in [1.29, 1.82) is 0 Å². The minimum absolute atomic E-state index is 0.334. The number of piperidine rings is 1. The second-order valence-electron chi connectivity index (χ2n) is 5.56. The Labute approximate surface area is 120 Å². The summed E-state index contributed by atoms with van der Waals surface area (Å²) in [5, 5.41) is 13.4. The summed E-state index contributed by atoms with van der Waals surface area (Å²) < 4.78 is 13.5. The van der Waals surface area contributed by atoms with E-state index in [9.17, 15) is 9.50 Å². The van der Waals surface area contributed by atoms with Gasteiger partial charge < -0.3 is 15.3 Å². The van der Waals surface area contributed by atoms with Crippen molar-refractivity contribution in [3.05, 3.63) is 35.6 Å². The zero-order valence-electron chi connectivity index (χ0n) is 12.2. The number of halogens is 1. The first-order valence-electron chi connectivity index (χ1n) is 7.59. The predicted octanol–water partition coefficient (Wildman–Crippen LogP) is 2.32. The summed E-state index contributed by atoms with van der Waals surface area (Å²) in [5.41, 5.74) is 0.378. The molecule has 1 aliphatic rings. The van der Waals surface area contributed by atoms with Gasteiger partial charge in [0.05, 0.1) is 6.10 Å². The quantitative estimate of drug-likeness (QED) is 0.839. The van der Waals surface area contributed by atoms with Gasteiger partial charge in [0.25, 0.3) is 0 Å². The van der Waals surface area contributed by atoms with Gasteiger partial charge in [-0.25, -0.2) is 4.39 Å². The van der Waals surface area contributed by atoms with Gasteiger partial charge in [0.1, 0.15) is 5.82 Å². The van der Waals surface area contributed by atoms with Crippen LogP contribution in [0.5, 0.6) is 0 Å². The number of aliphatic hydroxyl groups is 1. The molecule has 1 unspecified atom stereocenters. The summed E-state index contributed by atoms with van der Waals surface area (Å²) in [7, 11) is 0. The zero-order chi connectivity index (χ0) is 14.4. The maximum Gasteiger partial charge on any atom is 0.129 e. The highest BCUT2D eigenvalue weighted by Gasteiger charge is 2.20. The maximum absolute atomic E-state index is 13.5. The van der Waals surface area contributed by atoms with Crippen molar-refractivity contribution < 1.29 is 9.50 Å². The van der Waals surface area contributed by atoms with Crippen molar-refractivity contribution in [2.45, 2.75) is 38.3 Å². The third kappa shape index (κ3) is 4.27. The number of likely N-dealkylation sites (tertiary alicyclic amines) is 1. The van der Waals surface area contributed by atoms with Crippen LogP contribution in [0.15, 0.2) is 24.3 Å². The molecule has 20 heavy (non-hydrogen) atoms. The van der Waals surface area contributed by atoms with E-state index < -0.39 is 6.10 Å². The molecule has 112 valence electrons. The van der Waals surface area contributed by atoms with E-state index in [-0.39, 0.29) is 5.82 Å². The monoisotopic (exact) mass is 280 g/mol. The molecule has 0 radical (unpaired) electrons. The largest absolute Gasteiger partial charge is 0.387 e. The fourth-order valence-electron chi connectivity index (χ4n) is 2.81. The normalized spacial score (nSPS) is 19.1. The van der Waals surface area contributed by atoms with Gasteiger partial charge in [0.15, 0.2) is 0 Å². The first kappa shape index (κ1) is 15.4. The van der Waals surface area contributed by atoms with E-state index in [4.69, 9.17) is 0 Å². The van der Waals surface area contributed by atoms with Crippen LogP contribution in [0.3, 0.4) is 0 Å². The molecule has 0 aliphatic carbocycles. The average Bonchev–Trinajstić information content (AvgIpc) is 2.47. The molecular weight excluding hydrogens is 255 g/mol. The van der Waals surface area contributed by atoms with Crippen LogP contribution in [0.1, 0.15) is 37.9 Å². The molecule has 1 aliphatic heterocycles. The van der Waals surface area contributed by atoms with Crippen LogP contribution in [0.4, 0.5) is 4.39 Å². The van der Waals surface area contributed by atoms with Crippen molar-refractivity contribution in [3.8, 4) is 0 Å². The van der Waals surface area contributed by atoms with E-state index in [1.54, 1.807) is 18.2 Å². The molecule has 1 fully saturated rings. The van der Waals surface area contributed by atoms with E-state index in [1.165, 1.54) is 19.0 Å². The maximum atomic E-state index is 13.5. The standard InChI is InChI=1S/C16H25FN2O/c1-2-9-19-10-7-13(8-11-19)18-12-16(20)14-5-3-4-6-15(14)17/h3-6,13,16,18,20H,2,7-12H2,1H3. The van der Waals surface area contributed by atoms with Gasteiger partial charge in [-0.3, -0.25) is 0 Å². The van der Waals surface area contributed by atoms with E-state index >= 15 is 0 Å². The highest BCUT2D eigenvalue weighted by atomic mass is 19.1. The summed E-state index contributed by atoms with van der Waals surface area (Å²) in [6.07, 6.45) is 2.63. The van der Waals surface area contributed by atoms with Crippen LogP contribution < -0.4 is 5.32 Å². The first-order chi connectivity index (χ1) is 9.70. The number of rotatable bonds is 6. The molecule has 0 bridgehead atoms. The predicted molar refractivity (Wildman–Crippen MR) is 79.1 cm³/mol. The number of hydrogen-bond acceptors (Lipinski definition) is 3. The van der Waals surface area contributed by atoms with Crippen molar-refractivity contribution in [2.24, 2.45) is 0 Å². The second-order valence-corrected chi connectivity index (χ2v) is 5.56. The number of benzene rings is 1. The van der Waals surface area contributed by atoms with Crippen LogP contribution in [0.25, 0.3) is 0 Å². The number of aliphatic hydroxyl groups excluding tert-OH is 1. The zero-order valence-corrected chi connectivity index (χ0v) is 12.2. The van der Waals surface area contributed by atoms with Gasteiger partial charge >= 0.3 is 0 Å². The summed E-state index contributed by atoms with van der Waals surface area (Å²) in [5.74, 6) is -0.334. The van der Waals surface area contributed by atoms with Gasteiger partial charge in [0, 0.05) is 18.2 Å². The molecule has 0 saturated carbocycles. The fraction of sp³-hybridized carbons (Fsp3) is 0.625. The van der Waals surface area contributed by atoms with Crippen LogP contribution >= 0.6 is 0 Å². The summed E-state index contributed by atoms with van der Waals surface area (Å²) in [4.78, 5) is 2.48. The molecule has 1 atom stereocenters. The van der Waals surface area contributed by atoms with Gasteiger partial charge in [-0.2, -0.15) is 0 Å². The fourth-order valence-corrected chi connectivity index (χ4v) is 2.81. The minimum Gasteiger partial charge on any atom is -0.387 e. The Kier molecular flexibility index (Phi) is 5.95. The molecule has 3 nitrogen and oxygen atoms in total. The number of nitrogens with zero attached hydrogens (tertiary/aromatic N) is 1. The van der Waals surface area contributed by atoms with E-state index in [2.05, 4.69) is 17.1 Å². The lowest BCUT2D eigenvalue weighted by molar-refractivity contribution is 0.148. The third-order valence-electron chi connectivity index (χ3n) is 3.99. The molecule has 1 aromatic rings. The second kappa shape index (κ2) is 7.72. The molecule has 2 N–H and O–H groups in total. The molecule has 0 aromatic heterocycles. The lowest BCUT2D eigenvalue weighted by Crippen LogP contribution is -2.43. The smallest absolute Gasteiger partial charge is 0.129 e. The minimum atomic E-state index is -0.773. The van der Waals surface area contributed by atoms with Crippen molar-refractivity contribution in [3.63, 3.8) is 0 Å². The van der Waals surface area contributed by atoms with Crippen LogP contribution in [0, 0.1) is 5.82 Å². The van der Waals surface area contributed by atoms with Crippen molar-refractivity contribution >= 4 is 0 Å². The van der Waals surface area contributed by atoms with E-state index in [0.717, 1.165) is 25.9 Å².